The Morgan fingerprint density at radius 3 is 2.48 bits per heavy atom. The molecular formula is C28H36N2O. The van der Waals surface area contributed by atoms with Crippen molar-refractivity contribution in [2.24, 2.45) is 5.92 Å². The summed E-state index contributed by atoms with van der Waals surface area (Å²) in [7, 11) is 1.75. The monoisotopic (exact) mass is 416 g/mol. The van der Waals surface area contributed by atoms with Crippen LogP contribution in [-0.4, -0.2) is 23.1 Å². The van der Waals surface area contributed by atoms with Crippen molar-refractivity contribution in [2.75, 3.05) is 13.7 Å². The number of ether oxygens (including phenoxy) is 1. The Balaban J connectivity index is 1.49. The standard InChI is InChI=1S/C28H36N2O/c1-23-13-15-25(16-14-23)21-30-17-7-11-27(30)22-29(19-24-8-4-3-5-9-24)20-26-10-6-12-28(18-26)31-2/h6-7,10-18,24H,3-5,8-9,19-22H2,1-2H3. The predicted octanol–water partition coefficient (Wildman–Crippen LogP) is 6.44. The van der Waals surface area contributed by atoms with Crippen LogP contribution < -0.4 is 4.74 Å². The Hall–Kier alpha value is -2.52. The van der Waals surface area contributed by atoms with Crippen LogP contribution in [0.1, 0.15) is 54.5 Å². The number of benzene rings is 2. The summed E-state index contributed by atoms with van der Waals surface area (Å²) >= 11 is 0. The fourth-order valence-electron chi connectivity index (χ4n) is 4.82. The number of rotatable bonds is 9. The molecule has 1 aliphatic carbocycles. The molecule has 0 radical (unpaired) electrons. The van der Waals surface area contributed by atoms with Crippen molar-refractivity contribution < 1.29 is 4.74 Å². The summed E-state index contributed by atoms with van der Waals surface area (Å²) in [4.78, 5) is 2.64. The minimum atomic E-state index is 0.819. The lowest BCUT2D eigenvalue weighted by molar-refractivity contribution is 0.183. The minimum absolute atomic E-state index is 0.819. The zero-order chi connectivity index (χ0) is 21.5. The molecule has 3 aromatic rings. The molecular weight excluding hydrogens is 380 g/mol. The number of aromatic nitrogens is 1. The van der Waals surface area contributed by atoms with Crippen LogP contribution in [-0.2, 0) is 19.6 Å². The van der Waals surface area contributed by atoms with Gasteiger partial charge in [0.25, 0.3) is 0 Å². The Morgan fingerprint density at radius 2 is 1.71 bits per heavy atom. The molecule has 0 unspecified atom stereocenters. The third-order valence-electron chi connectivity index (χ3n) is 6.56. The van der Waals surface area contributed by atoms with Gasteiger partial charge in [0.2, 0.25) is 0 Å². The second-order valence-corrected chi connectivity index (χ2v) is 9.14. The summed E-state index contributed by atoms with van der Waals surface area (Å²) in [5.41, 5.74) is 5.38. The number of aryl methyl sites for hydroxylation is 1. The lowest BCUT2D eigenvalue weighted by Crippen LogP contribution is -2.30. The van der Waals surface area contributed by atoms with E-state index in [1.807, 2.05) is 6.07 Å². The highest BCUT2D eigenvalue weighted by atomic mass is 16.5. The van der Waals surface area contributed by atoms with Crippen LogP contribution in [0.25, 0.3) is 0 Å². The predicted molar refractivity (Wildman–Crippen MR) is 128 cm³/mol. The van der Waals surface area contributed by atoms with Gasteiger partial charge in [-0.05, 0) is 61.1 Å². The van der Waals surface area contributed by atoms with Crippen molar-refractivity contribution in [3.8, 4) is 5.75 Å². The van der Waals surface area contributed by atoms with Gasteiger partial charge in [0.05, 0.1) is 7.11 Å². The molecule has 0 amide bonds. The van der Waals surface area contributed by atoms with Gasteiger partial charge in [-0.25, -0.2) is 0 Å². The lowest BCUT2D eigenvalue weighted by Gasteiger charge is -2.30. The highest BCUT2D eigenvalue weighted by Gasteiger charge is 2.19. The summed E-state index contributed by atoms with van der Waals surface area (Å²) in [5, 5.41) is 0. The zero-order valence-electron chi connectivity index (χ0n) is 19.1. The van der Waals surface area contributed by atoms with E-state index in [9.17, 15) is 0 Å². The Bertz CT molecular complexity index is 938. The van der Waals surface area contributed by atoms with Gasteiger partial charge in [0.15, 0.2) is 0 Å². The summed E-state index contributed by atoms with van der Waals surface area (Å²) in [6.07, 6.45) is 9.16. The van der Waals surface area contributed by atoms with E-state index in [-0.39, 0.29) is 0 Å². The molecule has 0 aliphatic heterocycles. The van der Waals surface area contributed by atoms with Crippen molar-refractivity contribution in [3.63, 3.8) is 0 Å². The quantitative estimate of drug-likeness (QED) is 0.399. The third-order valence-corrected chi connectivity index (χ3v) is 6.56. The van der Waals surface area contributed by atoms with Gasteiger partial charge < -0.3 is 9.30 Å². The Kier molecular flexibility index (Phi) is 7.48. The van der Waals surface area contributed by atoms with Crippen LogP contribution >= 0.6 is 0 Å². The van der Waals surface area contributed by atoms with Crippen LogP contribution in [0.2, 0.25) is 0 Å². The van der Waals surface area contributed by atoms with E-state index in [0.29, 0.717) is 0 Å². The summed E-state index contributed by atoms with van der Waals surface area (Å²) in [5.74, 6) is 1.76. The molecule has 1 heterocycles. The van der Waals surface area contributed by atoms with Crippen molar-refractivity contribution >= 4 is 0 Å². The molecule has 164 valence electrons. The van der Waals surface area contributed by atoms with Gasteiger partial charge in [-0.15, -0.1) is 0 Å². The molecule has 0 N–H and O–H groups in total. The van der Waals surface area contributed by atoms with Crippen LogP contribution in [0.15, 0.2) is 66.9 Å². The summed E-state index contributed by atoms with van der Waals surface area (Å²) in [6, 6.07) is 21.9. The average molecular weight is 417 g/mol. The number of hydrogen-bond donors (Lipinski definition) is 0. The molecule has 3 heteroatoms. The number of nitrogens with zero attached hydrogens (tertiary/aromatic N) is 2. The number of methoxy groups -OCH3 is 1. The molecule has 1 aliphatic rings. The molecule has 1 aromatic heterocycles. The molecule has 0 spiro atoms. The van der Waals surface area contributed by atoms with Gasteiger partial charge in [-0.2, -0.15) is 0 Å². The largest absolute Gasteiger partial charge is 0.497 e. The summed E-state index contributed by atoms with van der Waals surface area (Å²) < 4.78 is 7.87. The Labute approximate surface area is 187 Å². The smallest absolute Gasteiger partial charge is 0.119 e. The molecule has 4 rings (SSSR count). The molecule has 1 fully saturated rings. The van der Waals surface area contributed by atoms with E-state index in [1.54, 1.807) is 7.11 Å². The van der Waals surface area contributed by atoms with Crippen LogP contribution in [0.4, 0.5) is 0 Å². The molecule has 2 aromatic carbocycles. The van der Waals surface area contributed by atoms with Gasteiger partial charge in [0.1, 0.15) is 5.75 Å². The average Bonchev–Trinajstić information content (AvgIpc) is 3.22. The maximum atomic E-state index is 5.46. The molecule has 0 saturated heterocycles. The van der Waals surface area contributed by atoms with Gasteiger partial charge >= 0.3 is 0 Å². The first kappa shape index (κ1) is 21.7. The van der Waals surface area contributed by atoms with Crippen LogP contribution in [0.3, 0.4) is 0 Å². The fraction of sp³-hybridized carbons (Fsp3) is 0.429. The van der Waals surface area contributed by atoms with Crippen molar-refractivity contribution in [1.82, 2.24) is 9.47 Å². The molecule has 3 nitrogen and oxygen atoms in total. The summed E-state index contributed by atoms with van der Waals surface area (Å²) in [6.45, 7) is 6.19. The van der Waals surface area contributed by atoms with Crippen molar-refractivity contribution in [2.45, 2.75) is 58.7 Å². The first-order chi connectivity index (χ1) is 15.2. The highest BCUT2D eigenvalue weighted by molar-refractivity contribution is 5.28. The molecule has 1 saturated carbocycles. The first-order valence-electron chi connectivity index (χ1n) is 11.7. The Morgan fingerprint density at radius 1 is 0.903 bits per heavy atom. The van der Waals surface area contributed by atoms with Crippen molar-refractivity contribution in [3.05, 3.63) is 89.2 Å². The van der Waals surface area contributed by atoms with E-state index >= 15 is 0 Å². The van der Waals surface area contributed by atoms with E-state index in [0.717, 1.165) is 31.3 Å². The van der Waals surface area contributed by atoms with E-state index in [1.165, 1.54) is 61.0 Å². The molecule has 0 bridgehead atoms. The normalized spacial score (nSPS) is 14.8. The maximum Gasteiger partial charge on any atom is 0.119 e. The number of hydrogen-bond acceptors (Lipinski definition) is 2. The topological polar surface area (TPSA) is 17.4 Å². The highest BCUT2D eigenvalue weighted by Crippen LogP contribution is 2.26. The van der Waals surface area contributed by atoms with Crippen LogP contribution in [0.5, 0.6) is 5.75 Å². The van der Waals surface area contributed by atoms with Gasteiger partial charge in [0, 0.05) is 38.1 Å². The van der Waals surface area contributed by atoms with E-state index in [4.69, 9.17) is 4.74 Å². The van der Waals surface area contributed by atoms with E-state index < -0.39 is 0 Å². The van der Waals surface area contributed by atoms with Crippen molar-refractivity contribution in [1.29, 1.82) is 0 Å². The second-order valence-electron chi connectivity index (χ2n) is 9.14. The molecule has 31 heavy (non-hydrogen) atoms. The fourth-order valence-corrected chi connectivity index (χ4v) is 4.82. The van der Waals surface area contributed by atoms with Crippen LogP contribution in [0, 0.1) is 12.8 Å². The first-order valence-corrected chi connectivity index (χ1v) is 11.7. The third kappa shape index (κ3) is 6.24. The van der Waals surface area contributed by atoms with E-state index in [2.05, 4.69) is 77.2 Å². The lowest BCUT2D eigenvalue weighted by atomic mass is 9.89. The second kappa shape index (κ2) is 10.7. The molecule has 0 atom stereocenters. The van der Waals surface area contributed by atoms with Gasteiger partial charge in [-0.3, -0.25) is 4.90 Å². The SMILES string of the molecule is COc1cccc(CN(Cc2cccn2Cc2ccc(C)cc2)CC2CCCCC2)c1. The minimum Gasteiger partial charge on any atom is -0.497 e. The zero-order valence-corrected chi connectivity index (χ0v) is 19.1. The van der Waals surface area contributed by atoms with Gasteiger partial charge in [-0.1, -0.05) is 61.2 Å². The maximum absolute atomic E-state index is 5.46.